The maximum atomic E-state index is 12.4. The van der Waals surface area contributed by atoms with Crippen molar-refractivity contribution in [2.75, 3.05) is 19.0 Å². The average Bonchev–Trinajstić information content (AvgIpc) is 3.30. The van der Waals surface area contributed by atoms with Crippen LogP contribution in [0, 0.1) is 0 Å². The highest BCUT2D eigenvalue weighted by molar-refractivity contribution is 8.18. The number of carbonyl (C=O) groups excluding carboxylic acids is 1. The first kappa shape index (κ1) is 19.4. The summed E-state index contributed by atoms with van der Waals surface area (Å²) in [6.45, 7) is 0. The van der Waals surface area contributed by atoms with Gasteiger partial charge in [-0.1, -0.05) is 11.6 Å². The van der Waals surface area contributed by atoms with E-state index in [1.165, 1.54) is 11.8 Å². The lowest BCUT2D eigenvalue weighted by Gasteiger charge is -2.13. The largest absolute Gasteiger partial charge is 0.378 e. The van der Waals surface area contributed by atoms with Gasteiger partial charge >= 0.3 is 0 Å². The molecule has 4 rings (SSSR count). The van der Waals surface area contributed by atoms with Gasteiger partial charge in [-0.15, -0.1) is 0 Å². The van der Waals surface area contributed by atoms with Gasteiger partial charge in [-0.2, -0.15) is 0 Å². The highest BCUT2D eigenvalue weighted by atomic mass is 35.5. The predicted octanol–water partition coefficient (Wildman–Crippen LogP) is 5.09. The number of nitrogens with one attached hydrogen (secondary N) is 1. The van der Waals surface area contributed by atoms with E-state index in [2.05, 4.69) is 44.0 Å². The molecule has 0 unspecified atom stereocenters. The van der Waals surface area contributed by atoms with Crippen LogP contribution in [0.3, 0.4) is 0 Å². The van der Waals surface area contributed by atoms with Gasteiger partial charge in [0, 0.05) is 42.4 Å². The number of benzene rings is 2. The molecule has 3 aromatic rings. The zero-order valence-electron chi connectivity index (χ0n) is 16.0. The number of hydrogen-bond donors (Lipinski definition) is 1. The molecule has 0 saturated carbocycles. The molecule has 0 bridgehead atoms. The Bertz CT molecular complexity index is 1100. The fourth-order valence-electron chi connectivity index (χ4n) is 2.91. The molecule has 1 aliphatic heterocycles. The monoisotopic (exact) mass is 422 g/mol. The van der Waals surface area contributed by atoms with E-state index < -0.39 is 0 Å². The Labute approximate surface area is 178 Å². The molecule has 2 aromatic carbocycles. The Kier molecular flexibility index (Phi) is 5.47. The number of amidine groups is 1. The molecule has 1 aliphatic rings. The smallest absolute Gasteiger partial charge is 0.264 e. The van der Waals surface area contributed by atoms with Gasteiger partial charge < -0.3 is 14.8 Å². The number of halogens is 1. The predicted molar refractivity (Wildman–Crippen MR) is 122 cm³/mol. The molecule has 0 atom stereocenters. The molecule has 0 spiro atoms. The summed E-state index contributed by atoms with van der Waals surface area (Å²) >= 11 is 7.23. The highest BCUT2D eigenvalue weighted by Crippen LogP contribution is 2.29. The highest BCUT2D eigenvalue weighted by Gasteiger charge is 2.24. The second kappa shape index (κ2) is 8.19. The van der Waals surface area contributed by atoms with E-state index in [9.17, 15) is 4.79 Å². The van der Waals surface area contributed by atoms with Crippen LogP contribution in [0.5, 0.6) is 0 Å². The molecule has 146 valence electrons. The van der Waals surface area contributed by atoms with Crippen molar-refractivity contribution in [3.63, 3.8) is 0 Å². The second-order valence-corrected chi connectivity index (χ2v) is 8.14. The minimum absolute atomic E-state index is 0.154. The fraction of sp³-hybridized carbons (Fsp3) is 0.0909. The third-order valence-corrected chi connectivity index (χ3v) is 5.57. The zero-order valence-corrected chi connectivity index (χ0v) is 17.5. The topological polar surface area (TPSA) is 49.6 Å². The summed E-state index contributed by atoms with van der Waals surface area (Å²) in [5, 5.41) is 4.02. The van der Waals surface area contributed by atoms with Crippen LogP contribution in [0.15, 0.2) is 76.8 Å². The number of amides is 1. The van der Waals surface area contributed by atoms with E-state index in [-0.39, 0.29) is 5.91 Å². The summed E-state index contributed by atoms with van der Waals surface area (Å²) in [7, 11) is 4.03. The van der Waals surface area contributed by atoms with E-state index in [1.807, 2.05) is 50.6 Å². The van der Waals surface area contributed by atoms with Crippen molar-refractivity contribution < 1.29 is 4.79 Å². The van der Waals surface area contributed by atoms with Crippen molar-refractivity contribution in [2.45, 2.75) is 0 Å². The van der Waals surface area contributed by atoms with Crippen molar-refractivity contribution >= 4 is 51.9 Å². The summed E-state index contributed by atoms with van der Waals surface area (Å²) in [6.07, 6.45) is 3.86. The van der Waals surface area contributed by atoms with Crippen molar-refractivity contribution in [2.24, 2.45) is 4.99 Å². The lowest BCUT2D eigenvalue weighted by molar-refractivity contribution is -0.115. The summed E-state index contributed by atoms with van der Waals surface area (Å²) in [5.41, 5.74) is 3.83. The van der Waals surface area contributed by atoms with Crippen molar-refractivity contribution in [3.8, 4) is 5.69 Å². The molecule has 1 N–H and O–H groups in total. The third kappa shape index (κ3) is 4.39. The van der Waals surface area contributed by atoms with E-state index in [4.69, 9.17) is 11.6 Å². The Balaban J connectivity index is 1.58. The SMILES string of the molecule is CN(C)c1ccc(-n2cccc2/C=C2\SC(=Nc3ccc(Cl)cc3)NC2=O)cc1. The normalized spacial score (nSPS) is 16.4. The van der Waals surface area contributed by atoms with E-state index in [0.29, 0.717) is 15.1 Å². The Morgan fingerprint density at radius 1 is 1.07 bits per heavy atom. The lowest BCUT2D eigenvalue weighted by Crippen LogP contribution is -2.19. The maximum Gasteiger partial charge on any atom is 0.264 e. The molecule has 7 heteroatoms. The quantitative estimate of drug-likeness (QED) is 0.596. The van der Waals surface area contributed by atoms with Gasteiger partial charge in [0.15, 0.2) is 5.17 Å². The van der Waals surface area contributed by atoms with Crippen LogP contribution in [0.2, 0.25) is 5.02 Å². The van der Waals surface area contributed by atoms with Crippen molar-refractivity contribution in [3.05, 3.63) is 82.5 Å². The number of thioether (sulfide) groups is 1. The maximum absolute atomic E-state index is 12.4. The number of carbonyl (C=O) groups is 1. The number of hydrogen-bond acceptors (Lipinski definition) is 4. The van der Waals surface area contributed by atoms with Gasteiger partial charge in [0.25, 0.3) is 5.91 Å². The van der Waals surface area contributed by atoms with Crippen molar-refractivity contribution in [1.82, 2.24) is 9.88 Å². The zero-order chi connectivity index (χ0) is 20.4. The molecule has 1 fully saturated rings. The molecule has 29 heavy (non-hydrogen) atoms. The van der Waals surface area contributed by atoms with Gasteiger partial charge in [-0.3, -0.25) is 4.79 Å². The average molecular weight is 423 g/mol. The Morgan fingerprint density at radius 2 is 1.79 bits per heavy atom. The third-order valence-electron chi connectivity index (χ3n) is 4.41. The van der Waals surface area contributed by atoms with Crippen LogP contribution in [0.4, 0.5) is 11.4 Å². The van der Waals surface area contributed by atoms with Gasteiger partial charge in [-0.05, 0) is 78.5 Å². The molecular formula is C22H19ClN4OS. The number of rotatable bonds is 4. The number of aromatic nitrogens is 1. The Morgan fingerprint density at radius 3 is 2.48 bits per heavy atom. The molecular weight excluding hydrogens is 404 g/mol. The molecule has 0 aliphatic carbocycles. The summed E-state index contributed by atoms with van der Waals surface area (Å²) in [5.74, 6) is -0.154. The molecule has 1 aromatic heterocycles. The van der Waals surface area contributed by atoms with E-state index in [1.54, 1.807) is 12.1 Å². The van der Waals surface area contributed by atoms with Crippen LogP contribution in [0.25, 0.3) is 11.8 Å². The van der Waals surface area contributed by atoms with Crippen LogP contribution in [-0.4, -0.2) is 29.7 Å². The van der Waals surface area contributed by atoms with E-state index in [0.717, 1.165) is 22.8 Å². The number of anilines is 1. The fourth-order valence-corrected chi connectivity index (χ4v) is 3.86. The van der Waals surface area contributed by atoms with Crippen molar-refractivity contribution in [1.29, 1.82) is 0 Å². The first-order valence-electron chi connectivity index (χ1n) is 9.00. The Hall–Kier alpha value is -2.96. The minimum atomic E-state index is -0.154. The minimum Gasteiger partial charge on any atom is -0.378 e. The van der Waals surface area contributed by atoms with Gasteiger partial charge in [0.2, 0.25) is 0 Å². The molecule has 2 heterocycles. The van der Waals surface area contributed by atoms with Crippen LogP contribution >= 0.6 is 23.4 Å². The van der Waals surface area contributed by atoms with Gasteiger partial charge in [0.1, 0.15) is 0 Å². The second-order valence-electron chi connectivity index (χ2n) is 6.67. The summed E-state index contributed by atoms with van der Waals surface area (Å²) < 4.78 is 2.05. The summed E-state index contributed by atoms with van der Waals surface area (Å²) in [6, 6.07) is 19.4. The molecule has 0 radical (unpaired) electrons. The number of nitrogens with zero attached hydrogens (tertiary/aromatic N) is 3. The van der Waals surface area contributed by atoms with Gasteiger partial charge in [-0.25, -0.2) is 4.99 Å². The molecule has 1 amide bonds. The van der Waals surface area contributed by atoms with Gasteiger partial charge in [0.05, 0.1) is 10.6 Å². The lowest BCUT2D eigenvalue weighted by atomic mass is 10.2. The molecule has 5 nitrogen and oxygen atoms in total. The number of aliphatic imine (C=N–C) groups is 1. The van der Waals surface area contributed by atoms with E-state index >= 15 is 0 Å². The standard InChI is InChI=1S/C22H19ClN4OS/c1-26(2)17-9-11-18(12-10-17)27-13-3-4-19(27)14-20-21(28)25-22(29-20)24-16-7-5-15(23)6-8-16/h3-14H,1-2H3,(H,24,25,28)/b20-14-. The van der Waals surface area contributed by atoms with Crippen LogP contribution < -0.4 is 10.2 Å². The van der Waals surface area contributed by atoms with Crippen LogP contribution in [-0.2, 0) is 4.79 Å². The first-order valence-corrected chi connectivity index (χ1v) is 10.2. The van der Waals surface area contributed by atoms with Crippen LogP contribution in [0.1, 0.15) is 5.69 Å². The molecule has 1 saturated heterocycles. The summed E-state index contributed by atoms with van der Waals surface area (Å²) in [4.78, 5) is 19.5. The first-order chi connectivity index (χ1) is 14.0.